The van der Waals surface area contributed by atoms with Crippen molar-refractivity contribution >= 4 is 6.03 Å². The van der Waals surface area contributed by atoms with E-state index >= 15 is 0 Å². The molecule has 1 fully saturated rings. The number of carbonyl (C=O) groups excluding carboxylic acids is 1. The van der Waals surface area contributed by atoms with Gasteiger partial charge in [0, 0.05) is 33.2 Å². The molecule has 1 unspecified atom stereocenters. The Bertz CT molecular complexity index is 549. The van der Waals surface area contributed by atoms with Gasteiger partial charge in [-0.25, -0.2) is 4.79 Å². The molecule has 126 valence electrons. The number of piperidine rings is 1. The van der Waals surface area contributed by atoms with E-state index < -0.39 is 0 Å². The van der Waals surface area contributed by atoms with Crippen molar-refractivity contribution in [3.8, 4) is 11.5 Å². The Morgan fingerprint density at radius 2 is 2.13 bits per heavy atom. The minimum Gasteiger partial charge on any atom is -0.490 e. The average Bonchev–Trinajstić information content (AvgIpc) is 2.84. The second kappa shape index (κ2) is 7.55. The van der Waals surface area contributed by atoms with E-state index in [1.807, 2.05) is 23.1 Å². The molecule has 1 atom stereocenters. The summed E-state index contributed by atoms with van der Waals surface area (Å²) in [5.74, 6) is 1.53. The van der Waals surface area contributed by atoms with Crippen LogP contribution in [0.2, 0.25) is 0 Å². The van der Waals surface area contributed by atoms with Gasteiger partial charge in [0.05, 0.1) is 19.3 Å². The average molecular weight is 320 g/mol. The fourth-order valence-corrected chi connectivity index (χ4v) is 2.92. The summed E-state index contributed by atoms with van der Waals surface area (Å²) in [6.07, 6.45) is 3.03. The lowest BCUT2D eigenvalue weighted by Gasteiger charge is -2.31. The molecule has 1 N–H and O–H groups in total. The number of hydrogen-bond donors (Lipinski definition) is 1. The minimum atomic E-state index is -0.0427. The minimum absolute atomic E-state index is 0.0427. The molecular formula is C17H24N2O4. The normalized spacial score (nSPS) is 20.7. The van der Waals surface area contributed by atoms with Gasteiger partial charge in [0.25, 0.3) is 0 Å². The summed E-state index contributed by atoms with van der Waals surface area (Å²) in [6, 6.07) is 5.76. The number of rotatable bonds is 3. The Morgan fingerprint density at radius 3 is 2.96 bits per heavy atom. The highest BCUT2D eigenvalue weighted by Crippen LogP contribution is 2.30. The zero-order valence-corrected chi connectivity index (χ0v) is 13.5. The third-order valence-electron chi connectivity index (χ3n) is 4.25. The number of ether oxygens (including phenoxy) is 3. The van der Waals surface area contributed by atoms with Crippen LogP contribution in [-0.4, -0.2) is 50.4 Å². The predicted molar refractivity (Wildman–Crippen MR) is 85.9 cm³/mol. The molecule has 6 heteroatoms. The SMILES string of the molecule is COC1CCCN(C(=O)NCc2ccc3c(c2)OCCCO3)C1. The van der Waals surface area contributed by atoms with Gasteiger partial charge in [-0.1, -0.05) is 6.07 Å². The van der Waals surface area contributed by atoms with Crippen LogP contribution in [0.15, 0.2) is 18.2 Å². The van der Waals surface area contributed by atoms with E-state index in [4.69, 9.17) is 14.2 Å². The Balaban J connectivity index is 1.55. The fraction of sp³-hybridized carbons (Fsp3) is 0.588. The Hall–Kier alpha value is -1.95. The number of nitrogens with zero attached hydrogens (tertiary/aromatic N) is 1. The van der Waals surface area contributed by atoms with Crippen LogP contribution >= 0.6 is 0 Å². The number of fused-ring (bicyclic) bond motifs is 1. The smallest absolute Gasteiger partial charge is 0.317 e. The summed E-state index contributed by atoms with van der Waals surface area (Å²) < 4.78 is 16.6. The van der Waals surface area contributed by atoms with Crippen molar-refractivity contribution in [3.63, 3.8) is 0 Å². The first kappa shape index (κ1) is 15.9. The van der Waals surface area contributed by atoms with Crippen LogP contribution in [0.25, 0.3) is 0 Å². The molecule has 6 nitrogen and oxygen atoms in total. The van der Waals surface area contributed by atoms with E-state index in [0.29, 0.717) is 26.3 Å². The highest BCUT2D eigenvalue weighted by molar-refractivity contribution is 5.74. The van der Waals surface area contributed by atoms with Crippen molar-refractivity contribution in [2.45, 2.75) is 31.9 Å². The molecule has 2 heterocycles. The van der Waals surface area contributed by atoms with E-state index in [1.54, 1.807) is 7.11 Å². The molecule has 1 aromatic carbocycles. The van der Waals surface area contributed by atoms with Crippen LogP contribution in [0.1, 0.15) is 24.8 Å². The van der Waals surface area contributed by atoms with E-state index in [9.17, 15) is 4.79 Å². The van der Waals surface area contributed by atoms with Gasteiger partial charge in [-0.3, -0.25) is 0 Å². The van der Waals surface area contributed by atoms with Gasteiger partial charge in [-0.15, -0.1) is 0 Å². The molecule has 0 aromatic heterocycles. The number of likely N-dealkylation sites (tertiary alicyclic amines) is 1. The molecule has 2 amide bonds. The van der Waals surface area contributed by atoms with Crippen molar-refractivity contribution in [1.82, 2.24) is 10.2 Å². The summed E-state index contributed by atoms with van der Waals surface area (Å²) in [7, 11) is 1.70. The Morgan fingerprint density at radius 1 is 1.30 bits per heavy atom. The highest BCUT2D eigenvalue weighted by atomic mass is 16.5. The number of amides is 2. The first-order chi connectivity index (χ1) is 11.3. The maximum Gasteiger partial charge on any atom is 0.317 e. The van der Waals surface area contributed by atoms with Gasteiger partial charge in [-0.05, 0) is 30.5 Å². The standard InChI is InChI=1S/C17H24N2O4/c1-21-14-4-2-7-19(12-14)17(20)18-11-13-5-6-15-16(10-13)23-9-3-8-22-15/h5-6,10,14H,2-4,7-9,11-12H2,1H3,(H,18,20). The molecule has 2 aliphatic rings. The number of hydrogen-bond acceptors (Lipinski definition) is 4. The lowest BCUT2D eigenvalue weighted by atomic mass is 10.1. The summed E-state index contributed by atoms with van der Waals surface area (Å²) in [4.78, 5) is 14.1. The summed E-state index contributed by atoms with van der Waals surface area (Å²) in [6.45, 7) is 3.26. The zero-order chi connectivity index (χ0) is 16.1. The third-order valence-corrected chi connectivity index (χ3v) is 4.25. The van der Waals surface area contributed by atoms with Gasteiger partial charge in [0.2, 0.25) is 0 Å². The number of benzene rings is 1. The van der Waals surface area contributed by atoms with Gasteiger partial charge in [0.1, 0.15) is 0 Å². The molecule has 0 spiro atoms. The van der Waals surface area contributed by atoms with Gasteiger partial charge in [-0.2, -0.15) is 0 Å². The number of nitrogens with one attached hydrogen (secondary N) is 1. The molecule has 0 bridgehead atoms. The largest absolute Gasteiger partial charge is 0.490 e. The molecule has 0 radical (unpaired) electrons. The summed E-state index contributed by atoms with van der Waals surface area (Å²) in [5, 5.41) is 2.97. The second-order valence-electron chi connectivity index (χ2n) is 5.94. The second-order valence-corrected chi connectivity index (χ2v) is 5.94. The van der Waals surface area contributed by atoms with Crippen molar-refractivity contribution in [1.29, 1.82) is 0 Å². The molecule has 0 saturated carbocycles. The van der Waals surface area contributed by atoms with Crippen LogP contribution in [0.3, 0.4) is 0 Å². The molecule has 2 aliphatic heterocycles. The molecule has 0 aliphatic carbocycles. The van der Waals surface area contributed by atoms with Gasteiger partial charge >= 0.3 is 6.03 Å². The van der Waals surface area contributed by atoms with Gasteiger partial charge in [0.15, 0.2) is 11.5 Å². The lowest BCUT2D eigenvalue weighted by molar-refractivity contribution is 0.0434. The quantitative estimate of drug-likeness (QED) is 0.927. The number of methoxy groups -OCH3 is 1. The fourth-order valence-electron chi connectivity index (χ4n) is 2.92. The third kappa shape index (κ3) is 4.07. The van der Waals surface area contributed by atoms with E-state index in [-0.39, 0.29) is 12.1 Å². The first-order valence-corrected chi connectivity index (χ1v) is 8.20. The van der Waals surface area contributed by atoms with E-state index in [0.717, 1.165) is 42.9 Å². The maximum absolute atomic E-state index is 12.3. The monoisotopic (exact) mass is 320 g/mol. The predicted octanol–water partition coefficient (Wildman–Crippen LogP) is 2.17. The Labute approximate surface area is 136 Å². The Kier molecular flexibility index (Phi) is 5.23. The first-order valence-electron chi connectivity index (χ1n) is 8.20. The molecule has 1 aromatic rings. The van der Waals surface area contributed by atoms with Crippen LogP contribution < -0.4 is 14.8 Å². The van der Waals surface area contributed by atoms with Crippen molar-refractivity contribution in [2.75, 3.05) is 33.4 Å². The number of urea groups is 1. The number of carbonyl (C=O) groups is 1. The van der Waals surface area contributed by atoms with Crippen LogP contribution in [0.4, 0.5) is 4.79 Å². The topological polar surface area (TPSA) is 60.0 Å². The zero-order valence-electron chi connectivity index (χ0n) is 13.5. The molecule has 23 heavy (non-hydrogen) atoms. The van der Waals surface area contributed by atoms with Gasteiger partial charge < -0.3 is 24.4 Å². The van der Waals surface area contributed by atoms with Crippen molar-refractivity contribution in [2.24, 2.45) is 0 Å². The van der Waals surface area contributed by atoms with E-state index in [1.165, 1.54) is 0 Å². The van der Waals surface area contributed by atoms with Crippen LogP contribution in [0.5, 0.6) is 11.5 Å². The maximum atomic E-state index is 12.3. The van der Waals surface area contributed by atoms with Crippen molar-refractivity contribution < 1.29 is 19.0 Å². The van der Waals surface area contributed by atoms with Crippen LogP contribution in [0, 0.1) is 0 Å². The molecule has 1 saturated heterocycles. The van der Waals surface area contributed by atoms with Crippen molar-refractivity contribution in [3.05, 3.63) is 23.8 Å². The molecular weight excluding hydrogens is 296 g/mol. The lowest BCUT2D eigenvalue weighted by Crippen LogP contribution is -2.47. The highest BCUT2D eigenvalue weighted by Gasteiger charge is 2.23. The molecule has 3 rings (SSSR count). The van der Waals surface area contributed by atoms with E-state index in [2.05, 4.69) is 5.32 Å². The summed E-state index contributed by atoms with van der Waals surface area (Å²) in [5.41, 5.74) is 1.00. The summed E-state index contributed by atoms with van der Waals surface area (Å²) >= 11 is 0. The van der Waals surface area contributed by atoms with Crippen LogP contribution in [-0.2, 0) is 11.3 Å².